The van der Waals surface area contributed by atoms with Gasteiger partial charge in [0.15, 0.2) is 11.5 Å². The molecule has 2 N–H and O–H groups in total. The van der Waals surface area contributed by atoms with Crippen LogP contribution in [0, 0.1) is 0 Å². The number of nitrogens with one attached hydrogen (secondary N) is 2. The Morgan fingerprint density at radius 3 is 2.65 bits per heavy atom. The van der Waals surface area contributed by atoms with Crippen LogP contribution in [0.4, 0.5) is 5.69 Å². The molecule has 0 saturated carbocycles. The molecule has 8 nitrogen and oxygen atoms in total. The Labute approximate surface area is 181 Å². The summed E-state index contributed by atoms with van der Waals surface area (Å²) in [5, 5.41) is 6.06. The molecule has 0 spiro atoms. The number of hydrogen-bond acceptors (Lipinski definition) is 6. The van der Waals surface area contributed by atoms with E-state index in [0.29, 0.717) is 49.4 Å². The van der Waals surface area contributed by atoms with Crippen molar-refractivity contribution in [3.8, 4) is 17.2 Å². The first-order chi connectivity index (χ1) is 15.2. The molecule has 1 amide bonds. The van der Waals surface area contributed by atoms with Crippen LogP contribution in [0.5, 0.6) is 17.2 Å². The molecule has 4 rings (SSSR count). The molecule has 2 aromatic carbocycles. The molecule has 1 atom stereocenters. The summed E-state index contributed by atoms with van der Waals surface area (Å²) in [4.78, 5) is 17.4. The second-order valence-electron chi connectivity index (χ2n) is 7.22. The van der Waals surface area contributed by atoms with E-state index in [1.165, 1.54) is 0 Å². The van der Waals surface area contributed by atoms with Gasteiger partial charge in [-0.05, 0) is 56.2 Å². The third-order valence-corrected chi connectivity index (χ3v) is 4.94. The van der Waals surface area contributed by atoms with Gasteiger partial charge in [0.05, 0.1) is 19.3 Å². The highest BCUT2D eigenvalue weighted by Gasteiger charge is 2.17. The number of rotatable bonds is 6. The second-order valence-corrected chi connectivity index (χ2v) is 7.22. The Morgan fingerprint density at radius 1 is 1.10 bits per heavy atom. The van der Waals surface area contributed by atoms with E-state index in [-0.39, 0.29) is 12.0 Å². The lowest BCUT2D eigenvalue weighted by atomic mass is 10.2. The molecule has 2 aliphatic heterocycles. The third-order valence-electron chi connectivity index (χ3n) is 4.94. The van der Waals surface area contributed by atoms with Gasteiger partial charge in [0.1, 0.15) is 19.0 Å². The third kappa shape index (κ3) is 5.67. The smallest absolute Gasteiger partial charge is 0.257 e. The number of hydrogen-bond donors (Lipinski definition) is 2. The van der Waals surface area contributed by atoms with Crippen LogP contribution >= 0.6 is 0 Å². The van der Waals surface area contributed by atoms with Gasteiger partial charge in [0, 0.05) is 23.9 Å². The summed E-state index contributed by atoms with van der Waals surface area (Å²) in [5.41, 5.74) is 1.25. The molecule has 31 heavy (non-hydrogen) atoms. The van der Waals surface area contributed by atoms with Crippen LogP contribution in [0.15, 0.2) is 47.5 Å². The van der Waals surface area contributed by atoms with Crippen molar-refractivity contribution >= 4 is 17.6 Å². The van der Waals surface area contributed by atoms with Crippen LogP contribution in [0.1, 0.15) is 30.1 Å². The molecule has 2 heterocycles. The van der Waals surface area contributed by atoms with E-state index in [9.17, 15) is 4.79 Å². The van der Waals surface area contributed by atoms with Gasteiger partial charge >= 0.3 is 0 Å². The number of aliphatic imine (C=N–C) groups is 1. The van der Waals surface area contributed by atoms with Gasteiger partial charge in [-0.2, -0.15) is 0 Å². The molecule has 2 aromatic rings. The Morgan fingerprint density at radius 2 is 1.90 bits per heavy atom. The molecule has 0 radical (unpaired) electrons. The van der Waals surface area contributed by atoms with E-state index in [1.807, 2.05) is 25.1 Å². The first kappa shape index (κ1) is 21.0. The first-order valence-corrected chi connectivity index (χ1v) is 10.6. The van der Waals surface area contributed by atoms with Crippen LogP contribution in [0.25, 0.3) is 0 Å². The normalized spacial score (nSPS) is 17.8. The van der Waals surface area contributed by atoms with E-state index >= 15 is 0 Å². The lowest BCUT2D eigenvalue weighted by Crippen LogP contribution is -2.36. The summed E-state index contributed by atoms with van der Waals surface area (Å²) in [6.07, 6.45) is 2.07. The molecule has 0 aliphatic carbocycles. The van der Waals surface area contributed by atoms with E-state index in [1.54, 1.807) is 24.3 Å². The maximum Gasteiger partial charge on any atom is 0.257 e. The lowest BCUT2D eigenvalue weighted by molar-refractivity contribution is 0.0975. The van der Waals surface area contributed by atoms with E-state index in [4.69, 9.17) is 18.9 Å². The van der Waals surface area contributed by atoms with Crippen LogP contribution in [0.3, 0.4) is 0 Å². The number of ether oxygens (including phenoxy) is 4. The Balaban J connectivity index is 1.48. The number of anilines is 1. The zero-order valence-electron chi connectivity index (χ0n) is 17.6. The number of nitrogens with zero attached hydrogens (tertiary/aromatic N) is 1. The summed E-state index contributed by atoms with van der Waals surface area (Å²) in [6.45, 7) is 4.75. The molecule has 2 aliphatic rings. The molecule has 1 fully saturated rings. The highest BCUT2D eigenvalue weighted by atomic mass is 16.6. The van der Waals surface area contributed by atoms with Gasteiger partial charge in [-0.25, -0.2) is 4.99 Å². The summed E-state index contributed by atoms with van der Waals surface area (Å²) >= 11 is 0. The van der Waals surface area contributed by atoms with Gasteiger partial charge < -0.3 is 24.3 Å². The van der Waals surface area contributed by atoms with Crippen molar-refractivity contribution in [3.63, 3.8) is 0 Å². The second kappa shape index (κ2) is 10.2. The number of guanidine groups is 1. The average molecular weight is 425 g/mol. The van der Waals surface area contributed by atoms with Crippen molar-refractivity contribution in [3.05, 3.63) is 48.0 Å². The summed E-state index contributed by atoms with van der Waals surface area (Å²) < 4.78 is 22.3. The molecule has 8 heteroatoms. The van der Waals surface area contributed by atoms with Crippen LogP contribution in [-0.4, -0.2) is 50.9 Å². The van der Waals surface area contributed by atoms with Gasteiger partial charge in [-0.1, -0.05) is 0 Å². The maximum absolute atomic E-state index is 12.8. The van der Waals surface area contributed by atoms with E-state index in [2.05, 4.69) is 15.6 Å². The maximum atomic E-state index is 12.8. The zero-order chi connectivity index (χ0) is 21.5. The van der Waals surface area contributed by atoms with Crippen molar-refractivity contribution < 1.29 is 23.7 Å². The summed E-state index contributed by atoms with van der Waals surface area (Å²) in [6, 6.07) is 12.5. The van der Waals surface area contributed by atoms with Crippen LogP contribution in [0.2, 0.25) is 0 Å². The fraction of sp³-hybridized carbons (Fsp3) is 0.391. The largest absolute Gasteiger partial charge is 0.494 e. The minimum absolute atomic E-state index is 0.0689. The molecule has 164 valence electrons. The predicted molar refractivity (Wildman–Crippen MR) is 117 cm³/mol. The first-order valence-electron chi connectivity index (χ1n) is 10.6. The van der Waals surface area contributed by atoms with Gasteiger partial charge in [-0.15, -0.1) is 0 Å². The van der Waals surface area contributed by atoms with Crippen molar-refractivity contribution in [2.75, 3.05) is 38.3 Å². The van der Waals surface area contributed by atoms with Crippen molar-refractivity contribution in [1.82, 2.24) is 5.32 Å². The van der Waals surface area contributed by atoms with Gasteiger partial charge in [0.2, 0.25) is 5.96 Å². The Kier molecular flexibility index (Phi) is 6.89. The quantitative estimate of drug-likeness (QED) is 0.546. The van der Waals surface area contributed by atoms with Crippen LogP contribution in [-0.2, 0) is 4.74 Å². The van der Waals surface area contributed by atoms with E-state index < -0.39 is 0 Å². The topological polar surface area (TPSA) is 90.4 Å². The minimum atomic E-state index is -0.265. The number of benzene rings is 2. The van der Waals surface area contributed by atoms with Crippen molar-refractivity contribution in [2.45, 2.75) is 25.9 Å². The van der Waals surface area contributed by atoms with Crippen LogP contribution < -0.4 is 24.8 Å². The molecule has 0 bridgehead atoms. The van der Waals surface area contributed by atoms with E-state index in [0.717, 1.165) is 30.9 Å². The number of fused-ring (bicyclic) bond motifs is 1. The lowest BCUT2D eigenvalue weighted by Gasteiger charge is -2.19. The Hall–Kier alpha value is -3.26. The summed E-state index contributed by atoms with van der Waals surface area (Å²) in [5.74, 6) is 2.17. The van der Waals surface area contributed by atoms with Crippen molar-refractivity contribution in [2.24, 2.45) is 4.99 Å². The highest BCUT2D eigenvalue weighted by Crippen LogP contribution is 2.32. The molecule has 1 saturated heterocycles. The number of carbonyl (C=O) groups is 1. The minimum Gasteiger partial charge on any atom is -0.494 e. The fourth-order valence-electron chi connectivity index (χ4n) is 3.40. The Bertz CT molecular complexity index is 923. The molecule has 0 aromatic heterocycles. The molecular weight excluding hydrogens is 398 g/mol. The standard InChI is InChI=1S/C23H27N3O5/c1-2-28-18-8-5-16(6-9-18)22(27)26-23(24-15-19-4-3-11-29-19)25-17-7-10-20-21(14-17)31-13-12-30-20/h5-10,14,19H,2-4,11-13,15H2,1H3,(H2,24,25,26,27). The average Bonchev–Trinajstić information content (AvgIpc) is 3.32. The number of amides is 1. The molecular formula is C23H27N3O5. The van der Waals surface area contributed by atoms with Gasteiger partial charge in [0.25, 0.3) is 5.91 Å². The van der Waals surface area contributed by atoms with Gasteiger partial charge in [-0.3, -0.25) is 10.1 Å². The van der Waals surface area contributed by atoms with Crippen molar-refractivity contribution in [1.29, 1.82) is 0 Å². The predicted octanol–water partition coefficient (Wildman–Crippen LogP) is 3.23. The number of carbonyl (C=O) groups excluding carboxylic acids is 1. The highest BCUT2D eigenvalue weighted by molar-refractivity contribution is 6.10. The zero-order valence-corrected chi connectivity index (χ0v) is 17.6. The molecule has 1 unspecified atom stereocenters. The summed E-state index contributed by atoms with van der Waals surface area (Å²) in [7, 11) is 0. The fourth-order valence-corrected chi connectivity index (χ4v) is 3.40. The monoisotopic (exact) mass is 425 g/mol. The SMILES string of the molecule is CCOc1ccc(C(=O)NC(=NCC2CCCO2)Nc2ccc3c(c2)OCCO3)cc1.